The Balaban J connectivity index is 3.56. The number of alkyl halides is 3. The predicted octanol–water partition coefficient (Wildman–Crippen LogP) is 3.35. The molecule has 5 heteroatoms. The fraction of sp³-hybridized carbons (Fsp3) is 1.00. The standard InChI is InChI=1S/C5H10Cl3NS/c1-4(2,3)9-10-5(6,7)8/h9H,1-3H3. The van der Waals surface area contributed by atoms with E-state index in [9.17, 15) is 0 Å². The molecule has 0 aromatic carbocycles. The largest absolute Gasteiger partial charge is 0.255 e. The highest BCUT2D eigenvalue weighted by Gasteiger charge is 2.23. The smallest absolute Gasteiger partial charge is 0.251 e. The molecule has 0 saturated heterocycles. The van der Waals surface area contributed by atoms with Crippen molar-refractivity contribution in [2.24, 2.45) is 0 Å². The van der Waals surface area contributed by atoms with Crippen LogP contribution in [0.15, 0.2) is 0 Å². The van der Waals surface area contributed by atoms with E-state index < -0.39 is 3.12 Å². The molecule has 62 valence electrons. The Morgan fingerprint density at radius 2 is 1.50 bits per heavy atom. The van der Waals surface area contributed by atoms with Crippen molar-refractivity contribution in [2.75, 3.05) is 0 Å². The third kappa shape index (κ3) is 9.18. The molecular weight excluding hydrogens is 212 g/mol. The summed E-state index contributed by atoms with van der Waals surface area (Å²) in [4.78, 5) is 0. The van der Waals surface area contributed by atoms with Gasteiger partial charge in [-0.3, -0.25) is 4.72 Å². The molecule has 0 aliphatic heterocycles. The molecule has 0 aliphatic rings. The Hall–Kier alpha value is 1.18. The third-order valence-corrected chi connectivity index (χ3v) is 2.11. The molecular formula is C5H10Cl3NS. The quantitative estimate of drug-likeness (QED) is 0.539. The van der Waals surface area contributed by atoms with Gasteiger partial charge in [0.2, 0.25) is 0 Å². The first-order valence-electron chi connectivity index (χ1n) is 2.73. The van der Waals surface area contributed by atoms with Crippen molar-refractivity contribution in [3.63, 3.8) is 0 Å². The molecule has 0 rings (SSSR count). The van der Waals surface area contributed by atoms with Crippen LogP contribution in [0.5, 0.6) is 0 Å². The highest BCUT2D eigenvalue weighted by Crippen LogP contribution is 2.37. The van der Waals surface area contributed by atoms with E-state index >= 15 is 0 Å². The summed E-state index contributed by atoms with van der Waals surface area (Å²) in [7, 11) is 0. The first-order chi connectivity index (χ1) is 4.21. The lowest BCUT2D eigenvalue weighted by atomic mass is 10.1. The molecule has 0 fully saturated rings. The number of halogens is 3. The van der Waals surface area contributed by atoms with Gasteiger partial charge in [-0.05, 0) is 32.7 Å². The molecule has 1 nitrogen and oxygen atoms in total. The van der Waals surface area contributed by atoms with Crippen molar-refractivity contribution in [2.45, 2.75) is 29.4 Å². The molecule has 10 heavy (non-hydrogen) atoms. The predicted molar refractivity (Wildman–Crippen MR) is 50.8 cm³/mol. The molecule has 1 N–H and O–H groups in total. The molecule has 0 spiro atoms. The normalized spacial score (nSPS) is 13.8. The maximum atomic E-state index is 5.47. The minimum absolute atomic E-state index is 0.0331. The monoisotopic (exact) mass is 221 g/mol. The molecule has 0 saturated carbocycles. The number of hydrogen-bond donors (Lipinski definition) is 1. The Bertz CT molecular complexity index is 90.4. The highest BCUT2D eigenvalue weighted by atomic mass is 35.6. The van der Waals surface area contributed by atoms with E-state index in [1.54, 1.807) is 0 Å². The molecule has 0 radical (unpaired) electrons. The molecule has 0 aromatic heterocycles. The summed E-state index contributed by atoms with van der Waals surface area (Å²) in [6.07, 6.45) is 0. The van der Waals surface area contributed by atoms with Gasteiger partial charge in [0.05, 0.1) is 0 Å². The average Bonchev–Trinajstić information content (AvgIpc) is 1.57. The maximum Gasteiger partial charge on any atom is 0.251 e. The van der Waals surface area contributed by atoms with Crippen LogP contribution in [0, 0.1) is 0 Å². The van der Waals surface area contributed by atoms with Crippen LogP contribution in [0.1, 0.15) is 20.8 Å². The summed E-state index contributed by atoms with van der Waals surface area (Å²) in [5, 5.41) is 0. The van der Waals surface area contributed by atoms with Crippen molar-refractivity contribution in [3.8, 4) is 0 Å². The number of rotatable bonds is 1. The molecule has 0 heterocycles. The first-order valence-corrected chi connectivity index (χ1v) is 4.68. The van der Waals surface area contributed by atoms with Gasteiger partial charge in [0.15, 0.2) is 0 Å². The van der Waals surface area contributed by atoms with E-state index in [1.165, 1.54) is 0 Å². The fourth-order valence-corrected chi connectivity index (χ4v) is 0.980. The second-order valence-corrected chi connectivity index (χ2v) is 6.87. The van der Waals surface area contributed by atoms with Crippen LogP contribution in [0.2, 0.25) is 0 Å². The maximum absolute atomic E-state index is 5.47. The van der Waals surface area contributed by atoms with E-state index in [0.29, 0.717) is 0 Å². The first kappa shape index (κ1) is 11.2. The van der Waals surface area contributed by atoms with E-state index in [4.69, 9.17) is 34.8 Å². The minimum Gasteiger partial charge on any atom is -0.255 e. The zero-order chi connectivity index (χ0) is 8.41. The Morgan fingerprint density at radius 3 is 1.60 bits per heavy atom. The summed E-state index contributed by atoms with van der Waals surface area (Å²) in [5.74, 6) is 0. The van der Waals surface area contributed by atoms with Gasteiger partial charge >= 0.3 is 0 Å². The summed E-state index contributed by atoms with van der Waals surface area (Å²) < 4.78 is 1.71. The topological polar surface area (TPSA) is 12.0 Å². The SMILES string of the molecule is CC(C)(C)NSC(Cl)(Cl)Cl. The minimum atomic E-state index is -1.27. The molecule has 0 unspecified atom stereocenters. The highest BCUT2D eigenvalue weighted by molar-refractivity contribution is 8.03. The zero-order valence-electron chi connectivity index (χ0n) is 6.04. The van der Waals surface area contributed by atoms with Gasteiger partial charge in [-0.1, -0.05) is 34.8 Å². The van der Waals surface area contributed by atoms with E-state index in [1.807, 2.05) is 20.8 Å². The van der Waals surface area contributed by atoms with Crippen LogP contribution in [0.4, 0.5) is 0 Å². The van der Waals surface area contributed by atoms with Crippen LogP contribution in [0.25, 0.3) is 0 Å². The third-order valence-electron chi connectivity index (χ3n) is 0.473. The lowest BCUT2D eigenvalue weighted by Gasteiger charge is -2.22. The van der Waals surface area contributed by atoms with Gasteiger partial charge in [-0.15, -0.1) is 0 Å². The fourth-order valence-electron chi connectivity index (χ4n) is 0.211. The molecule has 0 bridgehead atoms. The van der Waals surface area contributed by atoms with Gasteiger partial charge < -0.3 is 0 Å². The van der Waals surface area contributed by atoms with Crippen molar-refractivity contribution in [3.05, 3.63) is 0 Å². The van der Waals surface area contributed by atoms with Crippen LogP contribution in [0.3, 0.4) is 0 Å². The summed E-state index contributed by atoms with van der Waals surface area (Å²) in [6, 6.07) is 0. The van der Waals surface area contributed by atoms with E-state index in [-0.39, 0.29) is 5.54 Å². The second kappa shape index (κ2) is 3.72. The van der Waals surface area contributed by atoms with Crippen molar-refractivity contribution < 1.29 is 0 Å². The lowest BCUT2D eigenvalue weighted by Crippen LogP contribution is -2.31. The van der Waals surface area contributed by atoms with Crippen molar-refractivity contribution in [1.29, 1.82) is 0 Å². The lowest BCUT2D eigenvalue weighted by molar-refractivity contribution is 0.535. The van der Waals surface area contributed by atoms with Gasteiger partial charge in [0, 0.05) is 5.54 Å². The van der Waals surface area contributed by atoms with Crippen LogP contribution in [-0.2, 0) is 0 Å². The second-order valence-electron chi connectivity index (χ2n) is 2.90. The summed E-state index contributed by atoms with van der Waals surface area (Å²) >= 11 is 17.5. The van der Waals surface area contributed by atoms with Crippen LogP contribution in [-0.4, -0.2) is 8.66 Å². The number of hydrogen-bond acceptors (Lipinski definition) is 2. The Labute approximate surface area is 80.9 Å². The van der Waals surface area contributed by atoms with Gasteiger partial charge in [-0.25, -0.2) is 0 Å². The van der Waals surface area contributed by atoms with Crippen molar-refractivity contribution in [1.82, 2.24) is 4.72 Å². The van der Waals surface area contributed by atoms with Gasteiger partial charge in [0.25, 0.3) is 3.12 Å². The van der Waals surface area contributed by atoms with E-state index in [0.717, 1.165) is 11.9 Å². The number of nitrogens with one attached hydrogen (secondary N) is 1. The Morgan fingerprint density at radius 1 is 1.10 bits per heavy atom. The van der Waals surface area contributed by atoms with Crippen molar-refractivity contribution >= 4 is 46.8 Å². The van der Waals surface area contributed by atoms with Gasteiger partial charge in [0.1, 0.15) is 0 Å². The summed E-state index contributed by atoms with van der Waals surface area (Å²) in [6.45, 7) is 5.99. The molecule has 0 aromatic rings. The van der Waals surface area contributed by atoms with E-state index in [2.05, 4.69) is 4.72 Å². The van der Waals surface area contributed by atoms with Gasteiger partial charge in [-0.2, -0.15) is 0 Å². The zero-order valence-corrected chi connectivity index (χ0v) is 9.13. The molecule has 0 amide bonds. The molecule has 0 aliphatic carbocycles. The Kier molecular flexibility index (Phi) is 4.16. The average molecular weight is 223 g/mol. The summed E-state index contributed by atoms with van der Waals surface area (Å²) in [5.41, 5.74) is -0.0331. The van der Waals surface area contributed by atoms with Crippen LogP contribution >= 0.6 is 46.8 Å². The molecule has 0 atom stereocenters. The van der Waals surface area contributed by atoms with Crippen LogP contribution < -0.4 is 4.72 Å².